The lowest BCUT2D eigenvalue weighted by Gasteiger charge is -2.18. The van der Waals surface area contributed by atoms with E-state index in [1.54, 1.807) is 0 Å². The molecule has 0 saturated heterocycles. The van der Waals surface area contributed by atoms with E-state index in [0.29, 0.717) is 19.3 Å². The van der Waals surface area contributed by atoms with Gasteiger partial charge >= 0.3 is 17.9 Å². The van der Waals surface area contributed by atoms with Crippen molar-refractivity contribution in [3.8, 4) is 0 Å². The van der Waals surface area contributed by atoms with E-state index in [1.165, 1.54) is 89.9 Å². The number of unbranched alkanes of at least 4 members (excludes halogenated alkanes) is 20. The van der Waals surface area contributed by atoms with Crippen LogP contribution in [0.25, 0.3) is 0 Å². The van der Waals surface area contributed by atoms with Gasteiger partial charge in [-0.3, -0.25) is 14.4 Å². The number of carbonyl (C=O) groups is 3. The van der Waals surface area contributed by atoms with Crippen LogP contribution in [-0.4, -0.2) is 37.2 Å². The van der Waals surface area contributed by atoms with Gasteiger partial charge in [-0.1, -0.05) is 258 Å². The molecule has 0 aromatic heterocycles. The molecule has 0 aromatic rings. The standard InChI is InChI=1S/C65H106O6/c1-4-7-10-13-16-18-20-22-23-24-25-26-27-28-29-30-31-32-33-34-35-36-37-38-39-40-41-43-44-46-49-52-55-58-64(67)70-61-62(60-69-63(66)57-54-51-48-15-12-9-6-3)71-65(68)59-56-53-50-47-45-42-21-19-17-14-11-8-5-2/h7,10,16,18,22-23,25-26,28-29,31-32,34-35,37-38,40-41,44,46,62H,4-6,8-9,11-15,17,19-21,24,27,30,33,36,39,42-43,45,47-61H2,1-3H3/b10-7-,18-16-,23-22-,26-25-,29-28-,32-31-,35-34-,38-37-,41-40-,46-44-. The van der Waals surface area contributed by atoms with Crippen molar-refractivity contribution in [1.82, 2.24) is 0 Å². The number of ether oxygens (including phenoxy) is 3. The molecule has 0 aliphatic rings. The first kappa shape index (κ1) is 66.8. The molecule has 0 amide bonds. The van der Waals surface area contributed by atoms with Crippen LogP contribution in [0, 0.1) is 0 Å². The lowest BCUT2D eigenvalue weighted by molar-refractivity contribution is -0.167. The van der Waals surface area contributed by atoms with E-state index < -0.39 is 6.10 Å². The maximum absolute atomic E-state index is 12.8. The highest BCUT2D eigenvalue weighted by Crippen LogP contribution is 2.15. The lowest BCUT2D eigenvalue weighted by atomic mass is 10.0. The molecule has 0 aliphatic carbocycles. The van der Waals surface area contributed by atoms with Crippen LogP contribution in [0.1, 0.15) is 252 Å². The maximum Gasteiger partial charge on any atom is 0.306 e. The van der Waals surface area contributed by atoms with Crippen molar-refractivity contribution in [2.45, 2.75) is 258 Å². The second-order valence-corrected chi connectivity index (χ2v) is 18.8. The van der Waals surface area contributed by atoms with Gasteiger partial charge in [-0.15, -0.1) is 0 Å². The summed E-state index contributed by atoms with van der Waals surface area (Å²) in [5.74, 6) is -0.945. The van der Waals surface area contributed by atoms with Gasteiger partial charge in [-0.2, -0.15) is 0 Å². The van der Waals surface area contributed by atoms with E-state index in [2.05, 4.69) is 142 Å². The Bertz CT molecular complexity index is 1500. The average molecular weight is 984 g/mol. The molecule has 0 saturated carbocycles. The Morgan fingerprint density at radius 2 is 0.549 bits per heavy atom. The van der Waals surface area contributed by atoms with Crippen molar-refractivity contribution in [3.05, 3.63) is 122 Å². The summed E-state index contributed by atoms with van der Waals surface area (Å²) in [5.41, 5.74) is 0. The summed E-state index contributed by atoms with van der Waals surface area (Å²) in [6.45, 7) is 6.44. The third-order valence-electron chi connectivity index (χ3n) is 12.0. The summed E-state index contributed by atoms with van der Waals surface area (Å²) >= 11 is 0. The van der Waals surface area contributed by atoms with Gasteiger partial charge in [0.2, 0.25) is 0 Å². The molecule has 0 N–H and O–H groups in total. The van der Waals surface area contributed by atoms with Crippen molar-refractivity contribution >= 4 is 17.9 Å². The molecule has 71 heavy (non-hydrogen) atoms. The number of esters is 3. The number of carbonyl (C=O) groups excluding carboxylic acids is 3. The minimum absolute atomic E-state index is 0.0911. The molecule has 6 heteroatoms. The molecule has 0 aromatic carbocycles. The number of allylic oxidation sites excluding steroid dienone is 20. The van der Waals surface area contributed by atoms with Crippen LogP contribution in [0.2, 0.25) is 0 Å². The average Bonchev–Trinajstić information content (AvgIpc) is 3.37. The van der Waals surface area contributed by atoms with E-state index in [-0.39, 0.29) is 31.1 Å². The number of rotatable bonds is 51. The van der Waals surface area contributed by atoms with Gasteiger partial charge in [-0.25, -0.2) is 0 Å². The van der Waals surface area contributed by atoms with Crippen LogP contribution in [0.15, 0.2) is 122 Å². The molecular formula is C65H106O6. The molecular weight excluding hydrogens is 877 g/mol. The number of hydrogen-bond acceptors (Lipinski definition) is 6. The highest BCUT2D eigenvalue weighted by molar-refractivity contribution is 5.71. The third-order valence-corrected chi connectivity index (χ3v) is 12.0. The summed E-state index contributed by atoms with van der Waals surface area (Å²) in [4.78, 5) is 37.8. The maximum atomic E-state index is 12.8. The van der Waals surface area contributed by atoms with Crippen LogP contribution in [0.3, 0.4) is 0 Å². The largest absolute Gasteiger partial charge is 0.462 e. The fourth-order valence-electron chi connectivity index (χ4n) is 7.65. The van der Waals surface area contributed by atoms with Gasteiger partial charge in [0.15, 0.2) is 6.10 Å². The van der Waals surface area contributed by atoms with Crippen LogP contribution in [-0.2, 0) is 28.6 Å². The molecule has 6 nitrogen and oxygen atoms in total. The molecule has 0 bridgehead atoms. The molecule has 0 fully saturated rings. The highest BCUT2D eigenvalue weighted by atomic mass is 16.6. The first-order valence-electron chi connectivity index (χ1n) is 29.0. The predicted molar refractivity (Wildman–Crippen MR) is 306 cm³/mol. The molecule has 0 aliphatic heterocycles. The minimum Gasteiger partial charge on any atom is -0.462 e. The molecule has 0 radical (unpaired) electrons. The second-order valence-electron chi connectivity index (χ2n) is 18.8. The minimum atomic E-state index is -0.792. The molecule has 402 valence electrons. The Balaban J connectivity index is 4.23. The second kappa shape index (κ2) is 58.4. The van der Waals surface area contributed by atoms with Gasteiger partial charge in [0.1, 0.15) is 13.2 Å². The monoisotopic (exact) mass is 983 g/mol. The zero-order chi connectivity index (χ0) is 51.4. The molecule has 0 rings (SSSR count). The Morgan fingerprint density at radius 1 is 0.296 bits per heavy atom. The Morgan fingerprint density at radius 3 is 0.859 bits per heavy atom. The van der Waals surface area contributed by atoms with Crippen molar-refractivity contribution in [3.63, 3.8) is 0 Å². The zero-order valence-electron chi connectivity index (χ0n) is 45.9. The van der Waals surface area contributed by atoms with Crippen LogP contribution >= 0.6 is 0 Å². The number of hydrogen-bond donors (Lipinski definition) is 0. The van der Waals surface area contributed by atoms with E-state index in [1.807, 2.05) is 0 Å². The van der Waals surface area contributed by atoms with Crippen LogP contribution in [0.4, 0.5) is 0 Å². The summed E-state index contributed by atoms with van der Waals surface area (Å²) in [6, 6.07) is 0. The van der Waals surface area contributed by atoms with Crippen LogP contribution in [0.5, 0.6) is 0 Å². The molecule has 0 heterocycles. The van der Waals surface area contributed by atoms with E-state index >= 15 is 0 Å². The predicted octanol–water partition coefficient (Wildman–Crippen LogP) is 19.6. The molecule has 1 unspecified atom stereocenters. The SMILES string of the molecule is CC/C=C\C/C=C\C/C=C\C/C=C\C/C=C\C/C=C\C/C=C\C/C=C\C/C=C\C/C=C\CCCCC(=O)OCC(COC(=O)CCCCCCCCC)OC(=O)CCCCCCCCCCCCCCC. The fourth-order valence-corrected chi connectivity index (χ4v) is 7.65. The Labute approximate surface area is 437 Å². The van der Waals surface area contributed by atoms with Crippen molar-refractivity contribution in [2.24, 2.45) is 0 Å². The van der Waals surface area contributed by atoms with E-state index in [0.717, 1.165) is 122 Å². The lowest BCUT2D eigenvalue weighted by Crippen LogP contribution is -2.30. The smallest absolute Gasteiger partial charge is 0.306 e. The zero-order valence-corrected chi connectivity index (χ0v) is 45.9. The third kappa shape index (κ3) is 56.6. The van der Waals surface area contributed by atoms with Gasteiger partial charge < -0.3 is 14.2 Å². The Kier molecular flexibility index (Phi) is 54.9. The van der Waals surface area contributed by atoms with Gasteiger partial charge in [0, 0.05) is 19.3 Å². The summed E-state index contributed by atoms with van der Waals surface area (Å²) in [6.07, 6.45) is 80.8. The van der Waals surface area contributed by atoms with Crippen LogP contribution < -0.4 is 0 Å². The van der Waals surface area contributed by atoms with Crippen molar-refractivity contribution in [2.75, 3.05) is 13.2 Å². The normalized spacial score (nSPS) is 13.0. The summed E-state index contributed by atoms with van der Waals surface area (Å²) in [5, 5.41) is 0. The first-order valence-corrected chi connectivity index (χ1v) is 29.0. The van der Waals surface area contributed by atoms with E-state index in [4.69, 9.17) is 14.2 Å². The fraction of sp³-hybridized carbons (Fsp3) is 0.646. The molecule has 0 spiro atoms. The molecule has 1 atom stereocenters. The summed E-state index contributed by atoms with van der Waals surface area (Å²) < 4.78 is 16.7. The first-order chi connectivity index (χ1) is 35.0. The van der Waals surface area contributed by atoms with Gasteiger partial charge in [0.25, 0.3) is 0 Å². The summed E-state index contributed by atoms with van der Waals surface area (Å²) in [7, 11) is 0. The van der Waals surface area contributed by atoms with Crippen molar-refractivity contribution < 1.29 is 28.6 Å². The van der Waals surface area contributed by atoms with Gasteiger partial charge in [-0.05, 0) is 96.3 Å². The quantitative estimate of drug-likeness (QED) is 0.0261. The van der Waals surface area contributed by atoms with E-state index in [9.17, 15) is 14.4 Å². The van der Waals surface area contributed by atoms with Crippen molar-refractivity contribution in [1.29, 1.82) is 0 Å². The Hall–Kier alpha value is -4.19. The highest BCUT2D eigenvalue weighted by Gasteiger charge is 2.19. The topological polar surface area (TPSA) is 78.9 Å². The van der Waals surface area contributed by atoms with Gasteiger partial charge in [0.05, 0.1) is 0 Å².